The predicted octanol–water partition coefficient (Wildman–Crippen LogP) is 1.40. The van der Waals surface area contributed by atoms with Crippen LogP contribution in [0.2, 0.25) is 0 Å². The number of sulfonamides is 1. The van der Waals surface area contributed by atoms with Crippen LogP contribution < -0.4 is 10.0 Å². The van der Waals surface area contributed by atoms with Crippen LogP contribution in [0.25, 0.3) is 0 Å². The molecule has 0 aromatic heterocycles. The average molecular weight is 304 g/mol. The molecule has 1 atom stereocenters. The van der Waals surface area contributed by atoms with E-state index in [0.29, 0.717) is 12.6 Å². The lowest BCUT2D eigenvalue weighted by molar-refractivity contribution is -0.0599. The average Bonchev–Trinajstić information content (AvgIpc) is 3.10. The molecule has 1 aliphatic heterocycles. The lowest BCUT2D eigenvalue weighted by Gasteiger charge is -2.35. The smallest absolute Gasteiger partial charge is 0.211 e. The number of nitrogens with one attached hydrogen (secondary N) is 2. The number of ether oxygens (including phenoxy) is 1. The van der Waals surface area contributed by atoms with Crippen LogP contribution >= 0.6 is 0 Å². The number of rotatable bonds is 8. The molecule has 1 heterocycles. The van der Waals surface area contributed by atoms with Gasteiger partial charge in [-0.1, -0.05) is 0 Å². The third-order valence-electron chi connectivity index (χ3n) is 3.89. The fraction of sp³-hybridized carbons (Fsp3) is 1.00. The van der Waals surface area contributed by atoms with Crippen molar-refractivity contribution in [2.24, 2.45) is 0 Å². The molecule has 2 fully saturated rings. The quantitative estimate of drug-likeness (QED) is 0.665. The Hall–Kier alpha value is -0.170. The SMILES string of the molecule is CC1(C)CC(NS(=O)(=O)CCCCNC2CC2)CCO1. The Morgan fingerprint density at radius 3 is 2.55 bits per heavy atom. The van der Waals surface area contributed by atoms with Gasteiger partial charge in [-0.25, -0.2) is 13.1 Å². The van der Waals surface area contributed by atoms with Gasteiger partial charge < -0.3 is 10.1 Å². The lowest BCUT2D eigenvalue weighted by atomic mass is 9.95. The molecule has 2 N–H and O–H groups in total. The van der Waals surface area contributed by atoms with Crippen LogP contribution in [0.5, 0.6) is 0 Å². The molecule has 118 valence electrons. The van der Waals surface area contributed by atoms with Crippen molar-refractivity contribution in [2.45, 2.75) is 70.1 Å². The van der Waals surface area contributed by atoms with E-state index in [2.05, 4.69) is 10.0 Å². The highest BCUT2D eigenvalue weighted by atomic mass is 32.2. The van der Waals surface area contributed by atoms with E-state index in [0.717, 1.165) is 32.2 Å². The van der Waals surface area contributed by atoms with Crippen LogP contribution in [0.4, 0.5) is 0 Å². The zero-order valence-corrected chi connectivity index (χ0v) is 13.5. The number of hydrogen-bond donors (Lipinski definition) is 2. The van der Waals surface area contributed by atoms with Crippen molar-refractivity contribution in [1.82, 2.24) is 10.0 Å². The summed E-state index contributed by atoms with van der Waals surface area (Å²) in [6, 6.07) is 0.725. The van der Waals surface area contributed by atoms with Gasteiger partial charge in [-0.2, -0.15) is 0 Å². The van der Waals surface area contributed by atoms with Gasteiger partial charge in [-0.05, 0) is 58.9 Å². The first-order valence-corrected chi connectivity index (χ1v) is 9.39. The van der Waals surface area contributed by atoms with Gasteiger partial charge in [0.1, 0.15) is 0 Å². The molecule has 1 saturated carbocycles. The van der Waals surface area contributed by atoms with Crippen LogP contribution in [-0.2, 0) is 14.8 Å². The monoisotopic (exact) mass is 304 g/mol. The minimum Gasteiger partial charge on any atom is -0.375 e. The van der Waals surface area contributed by atoms with E-state index >= 15 is 0 Å². The zero-order chi connectivity index (χ0) is 14.6. The fourth-order valence-corrected chi connectivity index (χ4v) is 4.07. The third-order valence-corrected chi connectivity index (χ3v) is 5.41. The normalized spacial score (nSPS) is 26.6. The van der Waals surface area contributed by atoms with Gasteiger partial charge in [-0.3, -0.25) is 0 Å². The molecule has 1 unspecified atom stereocenters. The minimum atomic E-state index is -3.15. The maximum atomic E-state index is 12.0. The van der Waals surface area contributed by atoms with E-state index in [1.165, 1.54) is 12.8 Å². The van der Waals surface area contributed by atoms with E-state index in [9.17, 15) is 8.42 Å². The van der Waals surface area contributed by atoms with Crippen molar-refractivity contribution in [1.29, 1.82) is 0 Å². The van der Waals surface area contributed by atoms with Crippen molar-refractivity contribution < 1.29 is 13.2 Å². The molecule has 6 heteroatoms. The highest BCUT2D eigenvalue weighted by molar-refractivity contribution is 7.89. The minimum absolute atomic E-state index is 0.0216. The Morgan fingerprint density at radius 1 is 1.15 bits per heavy atom. The van der Waals surface area contributed by atoms with Crippen molar-refractivity contribution >= 4 is 10.0 Å². The second-order valence-corrected chi connectivity index (χ2v) is 8.54. The van der Waals surface area contributed by atoms with Crippen LogP contribution in [0, 0.1) is 0 Å². The Balaban J connectivity index is 1.64. The van der Waals surface area contributed by atoms with E-state index in [1.54, 1.807) is 0 Å². The van der Waals surface area contributed by atoms with Gasteiger partial charge in [0.2, 0.25) is 10.0 Å². The summed E-state index contributed by atoms with van der Waals surface area (Å²) in [6.45, 7) is 5.59. The zero-order valence-electron chi connectivity index (χ0n) is 12.7. The Bertz CT molecular complexity index is 405. The third kappa shape index (κ3) is 6.08. The Kier molecular flexibility index (Phi) is 5.45. The molecule has 0 amide bonds. The highest BCUT2D eigenvalue weighted by Crippen LogP contribution is 2.24. The van der Waals surface area contributed by atoms with Crippen LogP contribution in [0.3, 0.4) is 0 Å². The molecule has 0 aromatic rings. The van der Waals surface area contributed by atoms with Crippen LogP contribution in [-0.4, -0.2) is 45.0 Å². The Labute approximate surface area is 122 Å². The van der Waals surface area contributed by atoms with Gasteiger partial charge in [0.15, 0.2) is 0 Å². The van der Waals surface area contributed by atoms with E-state index in [-0.39, 0.29) is 17.4 Å². The second kappa shape index (κ2) is 6.73. The van der Waals surface area contributed by atoms with Gasteiger partial charge in [-0.15, -0.1) is 0 Å². The molecule has 2 rings (SSSR count). The molecule has 5 nitrogen and oxygen atoms in total. The molecule has 2 aliphatic rings. The second-order valence-electron chi connectivity index (χ2n) is 6.67. The van der Waals surface area contributed by atoms with Gasteiger partial charge in [0, 0.05) is 18.7 Å². The van der Waals surface area contributed by atoms with Crippen molar-refractivity contribution in [3.63, 3.8) is 0 Å². The molecule has 1 saturated heterocycles. The molecule has 0 spiro atoms. The van der Waals surface area contributed by atoms with Crippen molar-refractivity contribution in [3.05, 3.63) is 0 Å². The topological polar surface area (TPSA) is 67.4 Å². The molecule has 0 bridgehead atoms. The summed E-state index contributed by atoms with van der Waals surface area (Å²) in [5.41, 5.74) is -0.223. The van der Waals surface area contributed by atoms with E-state index in [4.69, 9.17) is 4.74 Å². The van der Waals surface area contributed by atoms with Gasteiger partial charge in [0.05, 0.1) is 11.4 Å². The standard InChI is InChI=1S/C14H28N2O3S/c1-14(2)11-13(7-9-19-14)16-20(17,18)10-4-3-8-15-12-5-6-12/h12-13,15-16H,3-11H2,1-2H3. The molecule has 1 aliphatic carbocycles. The maximum Gasteiger partial charge on any atom is 0.211 e. The van der Waals surface area contributed by atoms with Crippen LogP contribution in [0.1, 0.15) is 52.4 Å². The summed E-state index contributed by atoms with van der Waals surface area (Å²) in [6.07, 6.45) is 5.72. The molecular formula is C14H28N2O3S. The van der Waals surface area contributed by atoms with E-state index in [1.807, 2.05) is 13.8 Å². The molecule has 0 radical (unpaired) electrons. The number of hydrogen-bond acceptors (Lipinski definition) is 4. The molecule has 0 aromatic carbocycles. The summed E-state index contributed by atoms with van der Waals surface area (Å²) >= 11 is 0. The Morgan fingerprint density at radius 2 is 1.90 bits per heavy atom. The summed E-state index contributed by atoms with van der Waals surface area (Å²) < 4.78 is 32.5. The van der Waals surface area contributed by atoms with Gasteiger partial charge >= 0.3 is 0 Å². The van der Waals surface area contributed by atoms with E-state index < -0.39 is 10.0 Å². The first kappa shape index (κ1) is 16.2. The van der Waals surface area contributed by atoms with Crippen molar-refractivity contribution in [2.75, 3.05) is 18.9 Å². The van der Waals surface area contributed by atoms with Crippen LogP contribution in [0.15, 0.2) is 0 Å². The predicted molar refractivity (Wildman–Crippen MR) is 80.2 cm³/mol. The molecule has 20 heavy (non-hydrogen) atoms. The van der Waals surface area contributed by atoms with Crippen molar-refractivity contribution in [3.8, 4) is 0 Å². The maximum absolute atomic E-state index is 12.0. The number of unbranched alkanes of at least 4 members (excludes halogenated alkanes) is 1. The largest absolute Gasteiger partial charge is 0.375 e. The lowest BCUT2D eigenvalue weighted by Crippen LogP contribution is -2.46. The summed E-state index contributed by atoms with van der Waals surface area (Å²) in [5.74, 6) is 0.233. The summed E-state index contributed by atoms with van der Waals surface area (Å²) in [5, 5.41) is 3.40. The first-order valence-electron chi connectivity index (χ1n) is 7.74. The molecular weight excluding hydrogens is 276 g/mol. The summed E-state index contributed by atoms with van der Waals surface area (Å²) in [7, 11) is -3.15. The summed E-state index contributed by atoms with van der Waals surface area (Å²) in [4.78, 5) is 0. The fourth-order valence-electron chi connectivity index (χ4n) is 2.66. The van der Waals surface area contributed by atoms with Gasteiger partial charge in [0.25, 0.3) is 0 Å². The first-order chi connectivity index (χ1) is 9.36. The highest BCUT2D eigenvalue weighted by Gasteiger charge is 2.31.